The Balaban J connectivity index is 3.36. The van der Waals surface area contributed by atoms with E-state index in [1.54, 1.807) is 0 Å². The van der Waals surface area contributed by atoms with E-state index in [4.69, 9.17) is 5.11 Å². The van der Waals surface area contributed by atoms with Crippen molar-refractivity contribution in [1.29, 1.82) is 0 Å². The molecule has 0 aliphatic heterocycles. The number of nitrogens with zero attached hydrogens (tertiary/aromatic N) is 1. The van der Waals surface area contributed by atoms with Crippen molar-refractivity contribution < 1.29 is 41.0 Å². The van der Waals surface area contributed by atoms with Gasteiger partial charge in [0, 0.05) is 0 Å². The minimum absolute atomic E-state index is 0.385. The van der Waals surface area contributed by atoms with Gasteiger partial charge in [-0.05, 0) is 34.2 Å². The monoisotopic (exact) mass is 415 g/mol. The van der Waals surface area contributed by atoms with Gasteiger partial charge in [-0.1, -0.05) is 0 Å². The number of alkyl halides is 6. The second-order valence-electron chi connectivity index (χ2n) is 3.40. The summed E-state index contributed by atoms with van der Waals surface area (Å²) >= 11 is 1.27. The van der Waals surface area contributed by atoms with Crippen LogP contribution in [0.2, 0.25) is 0 Å². The Labute approximate surface area is 120 Å². The quantitative estimate of drug-likeness (QED) is 0.609. The lowest BCUT2D eigenvalue weighted by atomic mass is 10.1. The average Bonchev–Trinajstić information content (AvgIpc) is 2.17. The average molecular weight is 415 g/mol. The van der Waals surface area contributed by atoms with E-state index >= 15 is 0 Å². The zero-order chi connectivity index (χ0) is 15.7. The maximum absolute atomic E-state index is 12.6. The van der Waals surface area contributed by atoms with Crippen molar-refractivity contribution in [3.8, 4) is 5.88 Å². The Kier molecular flexibility index (Phi) is 4.71. The summed E-state index contributed by atoms with van der Waals surface area (Å²) in [4.78, 5) is 13.2. The van der Waals surface area contributed by atoms with Gasteiger partial charge in [0.2, 0.25) is 5.88 Å². The number of aromatic nitrogens is 1. The third-order valence-electron chi connectivity index (χ3n) is 1.85. The predicted octanol–water partition coefficient (Wildman–Crippen LogP) is 3.23. The number of pyridine rings is 1. The van der Waals surface area contributed by atoms with Crippen LogP contribution in [0.3, 0.4) is 0 Å². The van der Waals surface area contributed by atoms with E-state index in [1.807, 2.05) is 0 Å². The number of ether oxygens (including phenoxy) is 1. The van der Waals surface area contributed by atoms with E-state index in [2.05, 4.69) is 9.72 Å². The van der Waals surface area contributed by atoms with Gasteiger partial charge in [0.15, 0.2) is 5.69 Å². The number of carboxylic acids is 1. The van der Waals surface area contributed by atoms with Crippen LogP contribution in [0.5, 0.6) is 5.88 Å². The lowest BCUT2D eigenvalue weighted by Crippen LogP contribution is -2.21. The highest BCUT2D eigenvalue weighted by molar-refractivity contribution is 14.1. The molecule has 0 spiro atoms. The molecule has 1 rings (SSSR count). The van der Waals surface area contributed by atoms with E-state index in [0.717, 1.165) is 0 Å². The van der Waals surface area contributed by atoms with Crippen molar-refractivity contribution in [3.63, 3.8) is 0 Å². The number of aliphatic carboxylic acids is 1. The van der Waals surface area contributed by atoms with Crippen LogP contribution in [0, 0.1) is 3.57 Å². The number of halogens is 7. The molecule has 0 unspecified atom stereocenters. The highest BCUT2D eigenvalue weighted by Crippen LogP contribution is 2.35. The van der Waals surface area contributed by atoms with Crippen LogP contribution < -0.4 is 4.74 Å². The van der Waals surface area contributed by atoms with Crippen LogP contribution >= 0.6 is 22.6 Å². The first-order chi connectivity index (χ1) is 8.90. The van der Waals surface area contributed by atoms with Crippen molar-refractivity contribution in [3.05, 3.63) is 20.9 Å². The molecule has 0 saturated carbocycles. The Morgan fingerprint density at radius 2 is 1.85 bits per heavy atom. The molecule has 0 radical (unpaired) electrons. The van der Waals surface area contributed by atoms with E-state index in [0.29, 0.717) is 6.07 Å². The molecule has 0 aromatic carbocycles. The van der Waals surface area contributed by atoms with Crippen molar-refractivity contribution in [2.75, 3.05) is 0 Å². The second-order valence-corrected chi connectivity index (χ2v) is 4.56. The molecule has 0 fully saturated rings. The van der Waals surface area contributed by atoms with Crippen molar-refractivity contribution in [2.45, 2.75) is 19.0 Å². The Morgan fingerprint density at radius 3 is 2.25 bits per heavy atom. The summed E-state index contributed by atoms with van der Waals surface area (Å²) in [5, 5.41) is 8.49. The summed E-state index contributed by atoms with van der Waals surface area (Å²) in [6, 6.07) is 0.644. The summed E-state index contributed by atoms with van der Waals surface area (Å²) in [6.07, 6.45) is -11.3. The van der Waals surface area contributed by atoms with Crippen LogP contribution in [-0.2, 0) is 17.4 Å². The van der Waals surface area contributed by atoms with Gasteiger partial charge >= 0.3 is 18.5 Å². The molecule has 4 nitrogen and oxygen atoms in total. The van der Waals surface area contributed by atoms with Crippen LogP contribution in [0.1, 0.15) is 11.3 Å². The van der Waals surface area contributed by atoms with Gasteiger partial charge in [-0.2, -0.15) is 13.2 Å². The van der Waals surface area contributed by atoms with Crippen molar-refractivity contribution in [1.82, 2.24) is 4.98 Å². The number of carboxylic acid groups (broad SMARTS) is 1. The SMILES string of the molecule is O=C(O)Cc1cc(I)c(OC(F)(F)F)nc1C(F)(F)F. The van der Waals surface area contributed by atoms with Crippen molar-refractivity contribution >= 4 is 28.6 Å². The zero-order valence-electron chi connectivity index (χ0n) is 9.14. The second kappa shape index (κ2) is 5.61. The highest BCUT2D eigenvalue weighted by Gasteiger charge is 2.39. The first-order valence-electron chi connectivity index (χ1n) is 4.64. The van der Waals surface area contributed by atoms with Gasteiger partial charge in [0.1, 0.15) is 0 Å². The molecule has 11 heteroatoms. The largest absolute Gasteiger partial charge is 0.574 e. The fraction of sp³-hybridized carbons (Fsp3) is 0.333. The fourth-order valence-corrected chi connectivity index (χ4v) is 1.84. The lowest BCUT2D eigenvalue weighted by molar-refractivity contribution is -0.276. The van der Waals surface area contributed by atoms with Crippen LogP contribution in [0.25, 0.3) is 0 Å². The molecule has 1 aromatic heterocycles. The van der Waals surface area contributed by atoms with E-state index in [1.165, 1.54) is 22.6 Å². The molecule has 0 aliphatic carbocycles. The fourth-order valence-electron chi connectivity index (χ4n) is 1.23. The smallest absolute Gasteiger partial charge is 0.481 e. The van der Waals surface area contributed by atoms with E-state index in [9.17, 15) is 31.1 Å². The highest BCUT2D eigenvalue weighted by atomic mass is 127. The van der Waals surface area contributed by atoms with Crippen LogP contribution in [-0.4, -0.2) is 22.4 Å². The molecule has 1 heterocycles. The molecule has 0 amide bonds. The molecule has 1 N–H and O–H groups in total. The standard InChI is InChI=1S/C9H4F6INO3/c10-8(11,12)6-3(2-5(18)19)1-4(16)7(17-6)20-9(13,14)15/h1H,2H2,(H,18,19). The van der Waals surface area contributed by atoms with E-state index < -0.39 is 42.1 Å². The Bertz CT molecular complexity index is 528. The molecule has 0 saturated heterocycles. The Hall–Kier alpha value is -1.27. The third kappa shape index (κ3) is 4.68. The summed E-state index contributed by atoms with van der Waals surface area (Å²) in [5.41, 5.74) is -2.47. The van der Waals surface area contributed by atoms with Gasteiger partial charge in [-0.15, -0.1) is 13.2 Å². The third-order valence-corrected chi connectivity index (χ3v) is 2.62. The predicted molar refractivity (Wildman–Crippen MR) is 60.0 cm³/mol. The number of hydrogen-bond donors (Lipinski definition) is 1. The molecular formula is C9H4F6INO3. The van der Waals surface area contributed by atoms with Crippen LogP contribution in [0.15, 0.2) is 6.07 Å². The van der Waals surface area contributed by atoms with Crippen LogP contribution in [0.4, 0.5) is 26.3 Å². The minimum Gasteiger partial charge on any atom is -0.481 e. The van der Waals surface area contributed by atoms with Crippen molar-refractivity contribution in [2.24, 2.45) is 0 Å². The van der Waals surface area contributed by atoms with Gasteiger partial charge in [0.05, 0.1) is 9.99 Å². The topological polar surface area (TPSA) is 59.4 Å². The Morgan fingerprint density at radius 1 is 1.30 bits per heavy atom. The molecular weight excluding hydrogens is 411 g/mol. The lowest BCUT2D eigenvalue weighted by Gasteiger charge is -2.15. The molecule has 20 heavy (non-hydrogen) atoms. The number of hydrogen-bond acceptors (Lipinski definition) is 3. The minimum atomic E-state index is -5.20. The summed E-state index contributed by atoms with van der Waals surface area (Å²) in [5.74, 6) is -2.85. The van der Waals surface area contributed by atoms with E-state index in [-0.39, 0.29) is 3.57 Å². The maximum Gasteiger partial charge on any atom is 0.574 e. The maximum atomic E-state index is 12.6. The van der Waals surface area contributed by atoms with Gasteiger partial charge in [-0.25, -0.2) is 4.98 Å². The number of carbonyl (C=O) groups is 1. The summed E-state index contributed by atoms with van der Waals surface area (Å²) in [6.45, 7) is 0. The number of rotatable bonds is 3. The molecule has 112 valence electrons. The molecule has 0 atom stereocenters. The normalized spacial score (nSPS) is 12.3. The summed E-state index contributed by atoms with van der Waals surface area (Å²) in [7, 11) is 0. The van der Waals surface area contributed by atoms with Gasteiger partial charge in [0.25, 0.3) is 0 Å². The zero-order valence-corrected chi connectivity index (χ0v) is 11.3. The van der Waals surface area contributed by atoms with Gasteiger partial charge < -0.3 is 9.84 Å². The molecule has 0 aliphatic rings. The molecule has 1 aromatic rings. The first-order valence-corrected chi connectivity index (χ1v) is 5.72. The first kappa shape index (κ1) is 16.8. The summed E-state index contributed by atoms with van der Waals surface area (Å²) < 4.78 is 77.0. The van der Waals surface area contributed by atoms with Gasteiger partial charge in [-0.3, -0.25) is 4.79 Å². The molecule has 0 bridgehead atoms.